The molecular formula is C21H20F3N3O3. The zero-order valence-corrected chi connectivity index (χ0v) is 16.6. The highest BCUT2D eigenvalue weighted by molar-refractivity contribution is 6.09. The minimum atomic E-state index is -4.43. The van der Waals surface area contributed by atoms with E-state index < -0.39 is 17.7 Å². The third kappa shape index (κ3) is 4.45. The molecule has 3 rings (SSSR count). The minimum absolute atomic E-state index is 0.0248. The second-order valence-electron chi connectivity index (χ2n) is 6.66. The fourth-order valence-electron chi connectivity index (χ4n) is 3.09. The summed E-state index contributed by atoms with van der Waals surface area (Å²) in [5.41, 5.74) is 1.21. The van der Waals surface area contributed by atoms with Crippen molar-refractivity contribution in [3.05, 3.63) is 70.8 Å². The Kier molecular flexibility index (Phi) is 6.09. The number of carbonyl (C=O) groups is 1. The molecule has 2 aromatic carbocycles. The molecule has 0 fully saturated rings. The molecule has 1 atom stereocenters. The predicted octanol–water partition coefficient (Wildman–Crippen LogP) is 4.16. The van der Waals surface area contributed by atoms with Crippen LogP contribution in [0.2, 0.25) is 0 Å². The summed E-state index contributed by atoms with van der Waals surface area (Å²) in [5, 5.41) is 9.25. The van der Waals surface area contributed by atoms with Gasteiger partial charge in [0.25, 0.3) is 5.91 Å². The average Bonchev–Trinajstić information content (AvgIpc) is 3.01. The third-order valence-corrected chi connectivity index (χ3v) is 4.67. The lowest BCUT2D eigenvalue weighted by molar-refractivity contribution is -0.137. The number of hydrogen-bond donors (Lipinski definition) is 0. The van der Waals surface area contributed by atoms with Crippen LogP contribution in [0.3, 0.4) is 0 Å². The van der Waals surface area contributed by atoms with Gasteiger partial charge >= 0.3 is 6.18 Å². The van der Waals surface area contributed by atoms with Crippen molar-refractivity contribution in [2.24, 2.45) is 10.3 Å². The number of halogens is 3. The molecule has 0 spiro atoms. The average molecular weight is 419 g/mol. The van der Waals surface area contributed by atoms with Crippen LogP contribution in [-0.4, -0.2) is 36.7 Å². The smallest absolute Gasteiger partial charge is 0.416 e. The van der Waals surface area contributed by atoms with Gasteiger partial charge in [0.05, 0.1) is 18.4 Å². The van der Waals surface area contributed by atoms with Crippen LogP contribution in [0.4, 0.5) is 13.2 Å². The molecule has 1 unspecified atom stereocenters. The van der Waals surface area contributed by atoms with Crippen molar-refractivity contribution >= 4 is 17.5 Å². The number of alkyl halides is 3. The number of carbonyl (C=O) groups excluding carboxylic acids is 1. The highest BCUT2D eigenvalue weighted by Gasteiger charge is 2.37. The van der Waals surface area contributed by atoms with Crippen LogP contribution in [0.5, 0.6) is 0 Å². The van der Waals surface area contributed by atoms with Gasteiger partial charge in [-0.15, -0.1) is 5.10 Å². The summed E-state index contributed by atoms with van der Waals surface area (Å²) in [6.07, 6.45) is -4.43. The molecule has 1 aliphatic rings. The first-order valence-electron chi connectivity index (χ1n) is 9.04. The lowest BCUT2D eigenvalue weighted by Crippen LogP contribution is -2.24. The van der Waals surface area contributed by atoms with Gasteiger partial charge in [-0.1, -0.05) is 41.6 Å². The maximum atomic E-state index is 12.9. The van der Waals surface area contributed by atoms with Crippen molar-refractivity contribution in [3.63, 3.8) is 0 Å². The highest BCUT2D eigenvalue weighted by atomic mass is 19.4. The van der Waals surface area contributed by atoms with E-state index >= 15 is 0 Å². The van der Waals surface area contributed by atoms with Gasteiger partial charge in [0.2, 0.25) is 5.90 Å². The van der Waals surface area contributed by atoms with Crippen LogP contribution < -0.4 is 0 Å². The van der Waals surface area contributed by atoms with Crippen LogP contribution >= 0.6 is 0 Å². The summed E-state index contributed by atoms with van der Waals surface area (Å²) >= 11 is 0. The van der Waals surface area contributed by atoms with Gasteiger partial charge in [0.15, 0.2) is 0 Å². The summed E-state index contributed by atoms with van der Waals surface area (Å²) < 4.78 is 43.9. The van der Waals surface area contributed by atoms with E-state index in [4.69, 9.17) is 9.57 Å². The molecule has 0 bridgehead atoms. The van der Waals surface area contributed by atoms with Gasteiger partial charge in [-0.05, 0) is 35.7 Å². The zero-order chi connectivity index (χ0) is 21.9. The number of amides is 1. The predicted molar refractivity (Wildman–Crippen MR) is 105 cm³/mol. The van der Waals surface area contributed by atoms with Crippen molar-refractivity contribution in [2.45, 2.75) is 25.6 Å². The maximum absolute atomic E-state index is 12.9. The number of hydrogen-bond acceptors (Lipinski definition) is 5. The lowest BCUT2D eigenvalue weighted by atomic mass is 9.94. The molecule has 1 heterocycles. The fraction of sp³-hybridized carbons (Fsp3) is 0.286. The third-order valence-electron chi connectivity index (χ3n) is 4.67. The van der Waals surface area contributed by atoms with E-state index in [1.165, 1.54) is 24.3 Å². The molecule has 158 valence electrons. The quantitative estimate of drug-likeness (QED) is 0.540. The Morgan fingerprint density at radius 2 is 1.93 bits per heavy atom. The second kappa shape index (κ2) is 8.56. The number of methoxy groups -OCH3 is 1. The number of nitrogens with zero attached hydrogens (tertiary/aromatic N) is 3. The van der Waals surface area contributed by atoms with E-state index in [2.05, 4.69) is 10.3 Å². The first kappa shape index (κ1) is 21.4. The first-order chi connectivity index (χ1) is 14.2. The monoisotopic (exact) mass is 419 g/mol. The SMILES string of the molecule is COC1=NN(C)C(=O)C1c1ccccc1CO/N=C(\C)c1cccc(C(F)(F)F)c1. The number of hydrazone groups is 1. The number of rotatable bonds is 5. The largest absolute Gasteiger partial charge is 0.482 e. The van der Waals surface area contributed by atoms with Crippen molar-refractivity contribution in [1.82, 2.24) is 5.01 Å². The Bertz CT molecular complexity index is 1000. The van der Waals surface area contributed by atoms with Crippen LogP contribution in [0.25, 0.3) is 0 Å². The van der Waals surface area contributed by atoms with E-state index in [0.29, 0.717) is 22.4 Å². The highest BCUT2D eigenvalue weighted by Crippen LogP contribution is 2.30. The molecule has 0 aliphatic carbocycles. The lowest BCUT2D eigenvalue weighted by Gasteiger charge is -2.15. The number of ether oxygens (including phenoxy) is 1. The fourth-order valence-corrected chi connectivity index (χ4v) is 3.09. The van der Waals surface area contributed by atoms with Crippen molar-refractivity contribution < 1.29 is 27.5 Å². The van der Waals surface area contributed by atoms with Gasteiger partial charge in [0, 0.05) is 7.05 Å². The molecule has 9 heteroatoms. The van der Waals surface area contributed by atoms with Gasteiger partial charge in [0.1, 0.15) is 12.5 Å². The number of oxime groups is 1. The van der Waals surface area contributed by atoms with Gasteiger partial charge in [-0.3, -0.25) is 4.79 Å². The molecule has 0 saturated carbocycles. The van der Waals surface area contributed by atoms with Crippen LogP contribution in [0.15, 0.2) is 58.8 Å². The molecular weight excluding hydrogens is 399 g/mol. The Hall–Kier alpha value is -3.36. The Labute approximate surface area is 171 Å². The van der Waals surface area contributed by atoms with Crippen molar-refractivity contribution in [1.29, 1.82) is 0 Å². The Balaban J connectivity index is 1.78. The summed E-state index contributed by atoms with van der Waals surface area (Å²) in [7, 11) is 2.99. The first-order valence-corrected chi connectivity index (χ1v) is 9.04. The second-order valence-corrected chi connectivity index (χ2v) is 6.66. The van der Waals surface area contributed by atoms with Crippen LogP contribution in [0.1, 0.15) is 35.1 Å². The van der Waals surface area contributed by atoms with E-state index in [9.17, 15) is 18.0 Å². The van der Waals surface area contributed by atoms with Crippen LogP contribution in [-0.2, 0) is 27.2 Å². The summed E-state index contributed by atoms with van der Waals surface area (Å²) in [6, 6.07) is 12.0. The summed E-state index contributed by atoms with van der Waals surface area (Å²) in [4.78, 5) is 17.9. The number of likely N-dealkylation sites (N-methyl/N-ethyl adjacent to an activating group) is 1. The van der Waals surface area contributed by atoms with Crippen molar-refractivity contribution in [3.8, 4) is 0 Å². The minimum Gasteiger partial charge on any atom is -0.482 e. The van der Waals surface area contributed by atoms with Gasteiger partial charge in [-0.2, -0.15) is 13.2 Å². The number of benzene rings is 2. The zero-order valence-electron chi connectivity index (χ0n) is 16.6. The molecule has 0 aromatic heterocycles. The molecule has 0 radical (unpaired) electrons. The van der Waals surface area contributed by atoms with Gasteiger partial charge in [-0.25, -0.2) is 5.01 Å². The standard InChI is InChI=1S/C21H20F3N3O3/c1-13(14-8-6-9-16(11-14)21(22,23)24)26-30-12-15-7-4-5-10-17(15)18-19(29-3)25-27(2)20(18)28/h4-11,18H,12H2,1-3H3/b26-13+. The molecule has 30 heavy (non-hydrogen) atoms. The van der Waals surface area contributed by atoms with E-state index in [1.54, 1.807) is 38.2 Å². The molecule has 2 aromatic rings. The van der Waals surface area contributed by atoms with Crippen LogP contribution in [0, 0.1) is 0 Å². The van der Waals surface area contributed by atoms with E-state index in [-0.39, 0.29) is 18.4 Å². The molecule has 0 saturated heterocycles. The van der Waals surface area contributed by atoms with Crippen molar-refractivity contribution in [2.75, 3.05) is 14.2 Å². The molecule has 0 N–H and O–H groups in total. The molecule has 6 nitrogen and oxygen atoms in total. The Morgan fingerprint density at radius 3 is 2.63 bits per heavy atom. The Morgan fingerprint density at radius 1 is 1.20 bits per heavy atom. The molecule has 1 aliphatic heterocycles. The topological polar surface area (TPSA) is 63.5 Å². The normalized spacial score (nSPS) is 17.2. The van der Waals surface area contributed by atoms with E-state index in [0.717, 1.165) is 12.1 Å². The summed E-state index contributed by atoms with van der Waals surface area (Å²) in [5.74, 6) is -0.644. The maximum Gasteiger partial charge on any atom is 0.416 e. The summed E-state index contributed by atoms with van der Waals surface area (Å²) in [6.45, 7) is 1.59. The molecule has 1 amide bonds. The van der Waals surface area contributed by atoms with Gasteiger partial charge < -0.3 is 9.57 Å². The van der Waals surface area contributed by atoms with E-state index in [1.807, 2.05) is 0 Å².